The molecule has 1 N–H and O–H groups in total. The lowest BCUT2D eigenvalue weighted by Gasteiger charge is -2.13. The van der Waals surface area contributed by atoms with Crippen molar-refractivity contribution in [2.75, 3.05) is 0 Å². The summed E-state index contributed by atoms with van der Waals surface area (Å²) in [7, 11) is 0. The summed E-state index contributed by atoms with van der Waals surface area (Å²) < 4.78 is 30.3. The van der Waals surface area contributed by atoms with E-state index in [-0.39, 0.29) is 5.56 Å². The second-order valence-corrected chi connectivity index (χ2v) is 3.59. The number of benzene rings is 1. The third kappa shape index (κ3) is 3.27. The molecule has 1 aromatic carbocycles. The van der Waals surface area contributed by atoms with Crippen LogP contribution in [0.4, 0.5) is 8.78 Å². The minimum Gasteiger partial charge on any atom is -0.461 e. The van der Waals surface area contributed by atoms with Gasteiger partial charge in [0.2, 0.25) is 0 Å². The maximum atomic E-state index is 12.8. The SMILES string of the molecule is CC(C)OC(=O)[C@@H](O)c1cc(F)cc(F)c1. The molecule has 0 aliphatic heterocycles. The van der Waals surface area contributed by atoms with Crippen LogP contribution in [0.25, 0.3) is 0 Å². The second-order valence-electron chi connectivity index (χ2n) is 3.59. The number of esters is 1. The van der Waals surface area contributed by atoms with Gasteiger partial charge in [0.05, 0.1) is 6.10 Å². The average Bonchev–Trinajstić information content (AvgIpc) is 2.13. The van der Waals surface area contributed by atoms with Gasteiger partial charge in [-0.15, -0.1) is 0 Å². The van der Waals surface area contributed by atoms with E-state index in [9.17, 15) is 18.7 Å². The van der Waals surface area contributed by atoms with Gasteiger partial charge < -0.3 is 9.84 Å². The van der Waals surface area contributed by atoms with E-state index in [0.29, 0.717) is 6.07 Å². The van der Waals surface area contributed by atoms with Crippen LogP contribution in [0.2, 0.25) is 0 Å². The summed E-state index contributed by atoms with van der Waals surface area (Å²) in [6, 6.07) is 2.43. The van der Waals surface area contributed by atoms with Gasteiger partial charge in [-0.3, -0.25) is 0 Å². The molecule has 3 nitrogen and oxygen atoms in total. The summed E-state index contributed by atoms with van der Waals surface area (Å²) in [6.07, 6.45) is -2.08. The summed E-state index contributed by atoms with van der Waals surface area (Å²) in [4.78, 5) is 11.3. The van der Waals surface area contributed by atoms with Crippen LogP contribution in [0.5, 0.6) is 0 Å². The van der Waals surface area contributed by atoms with Gasteiger partial charge >= 0.3 is 5.97 Å². The van der Waals surface area contributed by atoms with E-state index in [2.05, 4.69) is 0 Å². The smallest absolute Gasteiger partial charge is 0.339 e. The minimum atomic E-state index is -1.67. The maximum Gasteiger partial charge on any atom is 0.339 e. The number of ether oxygens (including phenoxy) is 1. The number of halogens is 2. The van der Waals surface area contributed by atoms with E-state index in [1.807, 2.05) is 0 Å². The van der Waals surface area contributed by atoms with Crippen LogP contribution in [-0.4, -0.2) is 17.2 Å². The van der Waals surface area contributed by atoms with Gasteiger partial charge in [-0.05, 0) is 31.5 Å². The third-order valence-electron chi connectivity index (χ3n) is 1.78. The van der Waals surface area contributed by atoms with Crippen LogP contribution < -0.4 is 0 Å². The summed E-state index contributed by atoms with van der Waals surface area (Å²) in [6.45, 7) is 3.22. The van der Waals surface area contributed by atoms with Crippen molar-refractivity contribution >= 4 is 5.97 Å². The summed E-state index contributed by atoms with van der Waals surface area (Å²) in [5.41, 5.74) is -0.164. The van der Waals surface area contributed by atoms with E-state index in [4.69, 9.17) is 4.74 Å². The first-order valence-electron chi connectivity index (χ1n) is 4.74. The Kier molecular flexibility index (Phi) is 3.95. The second kappa shape index (κ2) is 5.03. The molecule has 0 radical (unpaired) electrons. The fourth-order valence-electron chi connectivity index (χ4n) is 1.17. The van der Waals surface area contributed by atoms with Crippen molar-refractivity contribution in [1.82, 2.24) is 0 Å². The highest BCUT2D eigenvalue weighted by Gasteiger charge is 2.21. The lowest BCUT2D eigenvalue weighted by molar-refractivity contribution is -0.157. The van der Waals surface area contributed by atoms with Gasteiger partial charge in [-0.1, -0.05) is 0 Å². The van der Waals surface area contributed by atoms with Crippen molar-refractivity contribution < 1.29 is 23.4 Å². The molecule has 0 spiro atoms. The zero-order valence-corrected chi connectivity index (χ0v) is 8.91. The van der Waals surface area contributed by atoms with E-state index >= 15 is 0 Å². The standard InChI is InChI=1S/C11H12F2O3/c1-6(2)16-11(15)10(14)7-3-8(12)5-9(13)4-7/h3-6,10,14H,1-2H3/t10-/m0/s1. The molecule has 1 rings (SSSR count). The molecule has 0 aliphatic rings. The molecule has 0 unspecified atom stereocenters. The van der Waals surface area contributed by atoms with Crippen molar-refractivity contribution in [3.8, 4) is 0 Å². The van der Waals surface area contributed by atoms with Crippen molar-refractivity contribution in [3.63, 3.8) is 0 Å². The normalized spacial score (nSPS) is 12.6. The predicted octanol–water partition coefficient (Wildman–Crippen LogP) is 1.95. The quantitative estimate of drug-likeness (QED) is 0.807. The highest BCUT2D eigenvalue weighted by atomic mass is 19.1. The first-order chi connectivity index (χ1) is 7.40. The number of aliphatic hydroxyl groups excluding tert-OH is 1. The van der Waals surface area contributed by atoms with Crippen LogP contribution in [0.15, 0.2) is 18.2 Å². The molecule has 0 aliphatic carbocycles. The largest absolute Gasteiger partial charge is 0.461 e. The monoisotopic (exact) mass is 230 g/mol. The Labute approximate surface area is 91.7 Å². The molecule has 1 atom stereocenters. The van der Waals surface area contributed by atoms with Gasteiger partial charge in [0.15, 0.2) is 6.10 Å². The number of hydrogen-bond acceptors (Lipinski definition) is 3. The van der Waals surface area contributed by atoms with E-state index < -0.39 is 29.8 Å². The Bertz CT molecular complexity index is 371. The maximum absolute atomic E-state index is 12.8. The Morgan fingerprint density at radius 1 is 1.25 bits per heavy atom. The van der Waals surface area contributed by atoms with Crippen molar-refractivity contribution in [3.05, 3.63) is 35.4 Å². The summed E-state index contributed by atoms with van der Waals surface area (Å²) in [5.74, 6) is -2.64. The number of carbonyl (C=O) groups is 1. The van der Waals surface area contributed by atoms with Gasteiger partial charge in [-0.2, -0.15) is 0 Å². The Hall–Kier alpha value is -1.49. The van der Waals surface area contributed by atoms with Crippen molar-refractivity contribution in [1.29, 1.82) is 0 Å². The molecule has 5 heteroatoms. The molecule has 88 valence electrons. The van der Waals surface area contributed by atoms with E-state index in [1.54, 1.807) is 13.8 Å². The minimum absolute atomic E-state index is 0.164. The molecular weight excluding hydrogens is 218 g/mol. The van der Waals surface area contributed by atoms with Crippen LogP contribution in [0, 0.1) is 11.6 Å². The van der Waals surface area contributed by atoms with Crippen LogP contribution in [-0.2, 0) is 9.53 Å². The molecule has 0 heterocycles. The molecule has 0 saturated heterocycles. The molecule has 1 aromatic rings. The molecule has 16 heavy (non-hydrogen) atoms. The van der Waals surface area contributed by atoms with Gasteiger partial charge in [0, 0.05) is 6.07 Å². The first kappa shape index (κ1) is 12.6. The highest BCUT2D eigenvalue weighted by Crippen LogP contribution is 2.18. The number of aliphatic hydroxyl groups is 1. The number of hydrogen-bond donors (Lipinski definition) is 1. The molecule has 0 amide bonds. The molecule has 0 aromatic heterocycles. The van der Waals surface area contributed by atoms with E-state index in [1.165, 1.54) is 0 Å². The van der Waals surface area contributed by atoms with Crippen LogP contribution >= 0.6 is 0 Å². The highest BCUT2D eigenvalue weighted by molar-refractivity contribution is 5.76. The Morgan fingerprint density at radius 3 is 2.19 bits per heavy atom. The topological polar surface area (TPSA) is 46.5 Å². The average molecular weight is 230 g/mol. The summed E-state index contributed by atoms with van der Waals surface area (Å²) >= 11 is 0. The molecule has 0 saturated carbocycles. The molecule has 0 bridgehead atoms. The van der Waals surface area contributed by atoms with E-state index in [0.717, 1.165) is 12.1 Å². The van der Waals surface area contributed by atoms with Crippen molar-refractivity contribution in [2.24, 2.45) is 0 Å². The Balaban J connectivity index is 2.87. The third-order valence-corrected chi connectivity index (χ3v) is 1.78. The number of carbonyl (C=O) groups excluding carboxylic acids is 1. The summed E-state index contributed by atoms with van der Waals surface area (Å²) in [5, 5.41) is 9.48. The zero-order valence-electron chi connectivity index (χ0n) is 8.91. The van der Waals surface area contributed by atoms with Crippen molar-refractivity contribution in [2.45, 2.75) is 26.1 Å². The molecule has 0 fully saturated rings. The van der Waals surface area contributed by atoms with Crippen LogP contribution in [0.3, 0.4) is 0 Å². The van der Waals surface area contributed by atoms with Crippen LogP contribution in [0.1, 0.15) is 25.5 Å². The number of rotatable bonds is 3. The fraction of sp³-hybridized carbons (Fsp3) is 0.364. The predicted molar refractivity (Wildman–Crippen MR) is 52.5 cm³/mol. The molecular formula is C11H12F2O3. The Morgan fingerprint density at radius 2 is 1.75 bits per heavy atom. The fourth-order valence-corrected chi connectivity index (χ4v) is 1.17. The van der Waals surface area contributed by atoms with Gasteiger partial charge in [0.1, 0.15) is 11.6 Å². The van der Waals surface area contributed by atoms with Gasteiger partial charge in [0.25, 0.3) is 0 Å². The van der Waals surface area contributed by atoms with Gasteiger partial charge in [-0.25, -0.2) is 13.6 Å². The lowest BCUT2D eigenvalue weighted by atomic mass is 10.1. The lowest BCUT2D eigenvalue weighted by Crippen LogP contribution is -2.19. The zero-order chi connectivity index (χ0) is 12.3. The first-order valence-corrected chi connectivity index (χ1v) is 4.74.